The van der Waals surface area contributed by atoms with E-state index >= 15 is 0 Å². The van der Waals surface area contributed by atoms with E-state index in [-0.39, 0.29) is 23.3 Å². The number of carbonyl (C=O) groups excluding carboxylic acids is 2. The number of thioether (sulfide) groups is 1. The number of hydrogen-bond donors (Lipinski definition) is 0. The minimum absolute atomic E-state index is 0.143. The summed E-state index contributed by atoms with van der Waals surface area (Å²) >= 11 is 1.58. The lowest BCUT2D eigenvalue weighted by Gasteiger charge is -2.28. The van der Waals surface area contributed by atoms with E-state index in [1.165, 1.54) is 10.5 Å². The molecule has 2 heterocycles. The second-order valence-corrected chi connectivity index (χ2v) is 8.31. The minimum atomic E-state index is -0.509. The van der Waals surface area contributed by atoms with Crippen molar-refractivity contribution in [2.75, 3.05) is 7.11 Å². The van der Waals surface area contributed by atoms with Crippen molar-refractivity contribution in [2.24, 2.45) is 0 Å². The number of hydrogen-bond acceptors (Lipinski definition) is 5. The lowest BCUT2D eigenvalue weighted by Crippen LogP contribution is -2.42. The first-order valence-electron chi connectivity index (χ1n) is 9.04. The lowest BCUT2D eigenvalue weighted by molar-refractivity contribution is -0.128. The van der Waals surface area contributed by atoms with Gasteiger partial charge in [0.2, 0.25) is 5.91 Å². The highest BCUT2D eigenvalue weighted by Crippen LogP contribution is 2.44. The average Bonchev–Trinajstić information content (AvgIpc) is 3.20. The van der Waals surface area contributed by atoms with Gasteiger partial charge >= 0.3 is 6.09 Å². The Hall–Kier alpha value is -2.47. The molecule has 0 bridgehead atoms. The van der Waals surface area contributed by atoms with Crippen molar-refractivity contribution in [2.45, 2.75) is 36.0 Å². The Balaban J connectivity index is 1.41. The zero-order valence-corrected chi connectivity index (χ0v) is 15.7. The Morgan fingerprint density at radius 3 is 2.85 bits per heavy atom. The summed E-state index contributed by atoms with van der Waals surface area (Å²) in [6, 6.07) is 13.6. The van der Waals surface area contributed by atoms with E-state index in [4.69, 9.17) is 9.47 Å². The van der Waals surface area contributed by atoms with Crippen LogP contribution < -0.4 is 4.74 Å². The molecular formula is C21H19NO4S. The van der Waals surface area contributed by atoms with E-state index in [1.807, 2.05) is 42.5 Å². The molecule has 0 spiro atoms. The van der Waals surface area contributed by atoms with Crippen molar-refractivity contribution < 1.29 is 19.1 Å². The van der Waals surface area contributed by atoms with E-state index < -0.39 is 6.09 Å². The first-order chi connectivity index (χ1) is 13.2. The molecule has 27 heavy (non-hydrogen) atoms. The quantitative estimate of drug-likeness (QED) is 0.797. The molecule has 2 aliphatic heterocycles. The van der Waals surface area contributed by atoms with Crippen LogP contribution in [-0.4, -0.2) is 35.4 Å². The maximum atomic E-state index is 13.3. The molecule has 2 aromatic carbocycles. The van der Waals surface area contributed by atoms with Gasteiger partial charge in [0.1, 0.15) is 17.9 Å². The summed E-state index contributed by atoms with van der Waals surface area (Å²) in [6.45, 7) is 0. The summed E-state index contributed by atoms with van der Waals surface area (Å²) in [5.41, 5.74) is 4.53. The van der Waals surface area contributed by atoms with Crippen molar-refractivity contribution >= 4 is 23.8 Å². The van der Waals surface area contributed by atoms with Gasteiger partial charge in [-0.1, -0.05) is 30.3 Å². The van der Waals surface area contributed by atoms with Crippen molar-refractivity contribution in [1.82, 2.24) is 4.90 Å². The zero-order valence-electron chi connectivity index (χ0n) is 14.9. The zero-order chi connectivity index (χ0) is 18.5. The van der Waals surface area contributed by atoms with E-state index in [2.05, 4.69) is 0 Å². The highest BCUT2D eigenvalue weighted by Gasteiger charge is 2.51. The Labute approximate surface area is 161 Å². The molecule has 0 saturated carbocycles. The standard InChI is InChI=1S/C21H19NO4S/c1-25-15-7-6-12-10-18(27-11-14(12)8-15)20(23)22-19-16-5-3-2-4-13(16)9-17(19)26-21(22)24/h2-8,17-19H,9-11H2,1H3/t17-,18?,19+/m0/s1. The largest absolute Gasteiger partial charge is 0.497 e. The summed E-state index contributed by atoms with van der Waals surface area (Å²) in [5.74, 6) is 1.42. The van der Waals surface area contributed by atoms with Gasteiger partial charge in [-0.05, 0) is 40.8 Å². The van der Waals surface area contributed by atoms with Gasteiger partial charge in [0.15, 0.2) is 0 Å². The van der Waals surface area contributed by atoms with Crippen LogP contribution in [0.15, 0.2) is 42.5 Å². The number of ether oxygens (including phenoxy) is 2. The van der Waals surface area contributed by atoms with Crippen LogP contribution in [0.2, 0.25) is 0 Å². The first-order valence-corrected chi connectivity index (χ1v) is 10.1. The van der Waals surface area contributed by atoms with Gasteiger partial charge in [0.05, 0.1) is 12.4 Å². The molecule has 3 aliphatic rings. The fourth-order valence-corrected chi connectivity index (χ4v) is 5.50. The molecule has 6 heteroatoms. The van der Waals surface area contributed by atoms with Crippen LogP contribution in [0.1, 0.15) is 28.3 Å². The van der Waals surface area contributed by atoms with E-state index in [1.54, 1.807) is 18.9 Å². The molecule has 1 unspecified atom stereocenters. The van der Waals surface area contributed by atoms with Crippen molar-refractivity contribution in [3.63, 3.8) is 0 Å². The maximum Gasteiger partial charge on any atom is 0.417 e. The van der Waals surface area contributed by atoms with E-state index in [9.17, 15) is 9.59 Å². The average molecular weight is 381 g/mol. The van der Waals surface area contributed by atoms with Crippen LogP contribution in [0.25, 0.3) is 0 Å². The second-order valence-electron chi connectivity index (χ2n) is 7.12. The van der Waals surface area contributed by atoms with Crippen molar-refractivity contribution in [3.05, 3.63) is 64.7 Å². The third kappa shape index (κ3) is 2.62. The fourth-order valence-electron chi connectivity index (χ4n) is 4.30. The predicted octanol–water partition coefficient (Wildman–Crippen LogP) is 3.50. The Morgan fingerprint density at radius 2 is 2.00 bits per heavy atom. The molecule has 0 N–H and O–H groups in total. The van der Waals surface area contributed by atoms with Gasteiger partial charge in [-0.25, -0.2) is 9.69 Å². The summed E-state index contributed by atoms with van der Waals surface area (Å²) in [5, 5.41) is -0.273. The summed E-state index contributed by atoms with van der Waals surface area (Å²) in [6.07, 6.45) is 0.525. The van der Waals surface area contributed by atoms with Gasteiger partial charge in [0.25, 0.3) is 0 Å². The first kappa shape index (κ1) is 16.7. The topological polar surface area (TPSA) is 55.8 Å². The number of rotatable bonds is 2. The SMILES string of the molecule is COc1ccc2c(c1)CSC(C(=O)N1C(=O)O[C@H]3Cc4ccccc4[C@H]31)C2. The number of benzene rings is 2. The Bertz CT molecular complexity index is 944. The molecule has 138 valence electrons. The number of methoxy groups -OCH3 is 1. The maximum absolute atomic E-state index is 13.3. The normalized spacial score (nSPS) is 25.4. The molecule has 5 rings (SSSR count). The lowest BCUT2D eigenvalue weighted by atomic mass is 10.0. The third-order valence-corrected chi connectivity index (χ3v) is 6.89. The molecule has 5 nitrogen and oxygen atoms in total. The van der Waals surface area contributed by atoms with Crippen LogP contribution in [0.3, 0.4) is 0 Å². The van der Waals surface area contributed by atoms with Crippen LogP contribution in [-0.2, 0) is 28.1 Å². The van der Waals surface area contributed by atoms with Gasteiger partial charge in [-0.3, -0.25) is 4.79 Å². The summed E-state index contributed by atoms with van der Waals surface area (Å²) in [7, 11) is 1.65. The number of nitrogens with zero attached hydrogens (tertiary/aromatic N) is 1. The van der Waals surface area contributed by atoms with Gasteiger partial charge < -0.3 is 9.47 Å². The number of amides is 2. The van der Waals surface area contributed by atoms with Crippen molar-refractivity contribution in [1.29, 1.82) is 0 Å². The van der Waals surface area contributed by atoms with Crippen molar-refractivity contribution in [3.8, 4) is 5.75 Å². The van der Waals surface area contributed by atoms with Gasteiger partial charge in [-0.15, -0.1) is 11.8 Å². The molecular weight excluding hydrogens is 362 g/mol. The summed E-state index contributed by atoms with van der Waals surface area (Å²) in [4.78, 5) is 27.1. The second kappa shape index (κ2) is 6.30. The van der Waals surface area contributed by atoms with Crippen LogP contribution in [0.5, 0.6) is 5.75 Å². The van der Waals surface area contributed by atoms with Crippen LogP contribution >= 0.6 is 11.8 Å². The van der Waals surface area contributed by atoms with E-state index in [0.29, 0.717) is 12.8 Å². The molecule has 1 fully saturated rings. The van der Waals surface area contributed by atoms with Crippen LogP contribution in [0, 0.1) is 0 Å². The minimum Gasteiger partial charge on any atom is -0.497 e. The molecule has 2 aromatic rings. The highest BCUT2D eigenvalue weighted by molar-refractivity contribution is 7.99. The van der Waals surface area contributed by atoms with Gasteiger partial charge in [0, 0.05) is 12.2 Å². The Kier molecular flexibility index (Phi) is 3.90. The predicted molar refractivity (Wildman–Crippen MR) is 102 cm³/mol. The molecule has 2 amide bonds. The van der Waals surface area contributed by atoms with Gasteiger partial charge in [-0.2, -0.15) is 0 Å². The number of fused-ring (bicyclic) bond motifs is 4. The fraction of sp³-hybridized carbons (Fsp3) is 0.333. The third-order valence-electron chi connectivity index (χ3n) is 5.65. The number of carbonyl (C=O) groups is 2. The monoisotopic (exact) mass is 381 g/mol. The molecule has 0 aromatic heterocycles. The molecule has 3 atom stereocenters. The molecule has 1 saturated heterocycles. The van der Waals surface area contributed by atoms with Crippen LogP contribution in [0.4, 0.5) is 4.79 Å². The molecule has 1 aliphatic carbocycles. The highest BCUT2D eigenvalue weighted by atomic mass is 32.2. The van der Waals surface area contributed by atoms with E-state index in [0.717, 1.165) is 28.2 Å². The smallest absolute Gasteiger partial charge is 0.417 e. The molecule has 0 radical (unpaired) electrons. The number of imide groups is 1. The Morgan fingerprint density at radius 1 is 1.15 bits per heavy atom. The summed E-state index contributed by atoms with van der Waals surface area (Å²) < 4.78 is 10.8.